The summed E-state index contributed by atoms with van der Waals surface area (Å²) in [5.41, 5.74) is 2.55. The van der Waals surface area contributed by atoms with Gasteiger partial charge in [-0.05, 0) is 42.3 Å². The molecule has 1 N–H and O–H groups in total. The fourth-order valence-electron chi connectivity index (χ4n) is 2.26. The summed E-state index contributed by atoms with van der Waals surface area (Å²) in [6.07, 6.45) is -0.836. The van der Waals surface area contributed by atoms with Crippen LogP contribution in [0.15, 0.2) is 51.4 Å². The highest BCUT2D eigenvalue weighted by atomic mass is 79.9. The van der Waals surface area contributed by atoms with E-state index in [-0.39, 0.29) is 0 Å². The van der Waals surface area contributed by atoms with Gasteiger partial charge in [-0.25, -0.2) is 0 Å². The average Bonchev–Trinajstić information content (AvgIpc) is 2.82. The molecular formula is C16H12BrClO2. The van der Waals surface area contributed by atoms with Crippen molar-refractivity contribution in [1.29, 1.82) is 0 Å². The molecule has 3 rings (SSSR count). The topological polar surface area (TPSA) is 33.4 Å². The normalized spacial score (nSPS) is 12.8. The van der Waals surface area contributed by atoms with Gasteiger partial charge < -0.3 is 9.52 Å². The summed E-state index contributed by atoms with van der Waals surface area (Å²) in [7, 11) is 0. The molecule has 4 heteroatoms. The first kappa shape index (κ1) is 13.7. The van der Waals surface area contributed by atoms with Crippen molar-refractivity contribution in [3.05, 3.63) is 68.8 Å². The molecule has 0 aliphatic carbocycles. The van der Waals surface area contributed by atoms with E-state index in [1.807, 2.05) is 37.3 Å². The quantitative estimate of drug-likeness (QED) is 0.685. The Bertz CT molecular complexity index is 759. The monoisotopic (exact) mass is 350 g/mol. The Morgan fingerprint density at radius 3 is 2.70 bits per heavy atom. The highest BCUT2D eigenvalue weighted by Gasteiger charge is 2.17. The van der Waals surface area contributed by atoms with Crippen LogP contribution in [0.4, 0.5) is 0 Å². The number of para-hydroxylation sites is 1. The van der Waals surface area contributed by atoms with Gasteiger partial charge >= 0.3 is 0 Å². The van der Waals surface area contributed by atoms with Crippen molar-refractivity contribution in [2.24, 2.45) is 0 Å². The van der Waals surface area contributed by atoms with Crippen molar-refractivity contribution in [1.82, 2.24) is 0 Å². The standard InChI is InChI=1S/C16H12BrClO2/c1-9-3-2-4-10-7-14(20-16(9)10)15(19)11-5-12(17)8-13(18)6-11/h2-8,15,19H,1H3. The third-order valence-electron chi connectivity index (χ3n) is 3.23. The molecule has 2 aromatic carbocycles. The number of fused-ring (bicyclic) bond motifs is 1. The van der Waals surface area contributed by atoms with Crippen LogP contribution in [-0.4, -0.2) is 5.11 Å². The number of hydrogen-bond acceptors (Lipinski definition) is 2. The summed E-state index contributed by atoms with van der Waals surface area (Å²) in [6.45, 7) is 1.98. The molecule has 0 fully saturated rings. The van der Waals surface area contributed by atoms with Crippen molar-refractivity contribution in [3.8, 4) is 0 Å². The van der Waals surface area contributed by atoms with E-state index in [1.54, 1.807) is 12.1 Å². The van der Waals surface area contributed by atoms with Gasteiger partial charge in [0.1, 0.15) is 17.4 Å². The van der Waals surface area contributed by atoms with Crippen LogP contribution in [0, 0.1) is 6.92 Å². The van der Waals surface area contributed by atoms with E-state index in [0.29, 0.717) is 16.3 Å². The Morgan fingerprint density at radius 1 is 1.20 bits per heavy atom. The van der Waals surface area contributed by atoms with E-state index in [9.17, 15) is 5.11 Å². The first-order chi connectivity index (χ1) is 9.54. The minimum atomic E-state index is -0.836. The zero-order chi connectivity index (χ0) is 14.3. The maximum absolute atomic E-state index is 10.5. The zero-order valence-corrected chi connectivity index (χ0v) is 13.1. The molecule has 0 amide bonds. The number of aryl methyl sites for hydroxylation is 1. The molecule has 1 aromatic heterocycles. The van der Waals surface area contributed by atoms with Crippen molar-refractivity contribution in [2.75, 3.05) is 0 Å². The van der Waals surface area contributed by atoms with Crippen molar-refractivity contribution < 1.29 is 9.52 Å². The smallest absolute Gasteiger partial charge is 0.138 e. The van der Waals surface area contributed by atoms with Gasteiger partial charge in [0.25, 0.3) is 0 Å². The molecule has 0 spiro atoms. The molecule has 3 aromatic rings. The molecule has 102 valence electrons. The van der Waals surface area contributed by atoms with E-state index in [2.05, 4.69) is 15.9 Å². The number of rotatable bonds is 2. The largest absolute Gasteiger partial charge is 0.458 e. The average molecular weight is 352 g/mol. The lowest BCUT2D eigenvalue weighted by Crippen LogP contribution is -1.97. The Balaban J connectivity index is 2.07. The summed E-state index contributed by atoms with van der Waals surface area (Å²) >= 11 is 9.39. The summed E-state index contributed by atoms with van der Waals surface area (Å²) in [4.78, 5) is 0. The second-order valence-corrected chi connectivity index (χ2v) is 6.10. The lowest BCUT2D eigenvalue weighted by Gasteiger charge is -2.09. The minimum absolute atomic E-state index is 0.517. The van der Waals surface area contributed by atoms with E-state index in [4.69, 9.17) is 16.0 Å². The van der Waals surface area contributed by atoms with Crippen LogP contribution in [0.1, 0.15) is 23.0 Å². The van der Waals surface area contributed by atoms with Crippen LogP contribution in [0.3, 0.4) is 0 Å². The van der Waals surface area contributed by atoms with Gasteiger partial charge in [0, 0.05) is 14.9 Å². The molecule has 1 atom stereocenters. The van der Waals surface area contributed by atoms with Crippen molar-refractivity contribution in [3.63, 3.8) is 0 Å². The van der Waals surface area contributed by atoms with Crippen LogP contribution < -0.4 is 0 Å². The molecule has 0 saturated heterocycles. The van der Waals surface area contributed by atoms with Crippen molar-refractivity contribution in [2.45, 2.75) is 13.0 Å². The van der Waals surface area contributed by atoms with E-state index >= 15 is 0 Å². The number of benzene rings is 2. The minimum Gasteiger partial charge on any atom is -0.458 e. The van der Waals surface area contributed by atoms with E-state index in [0.717, 1.165) is 21.0 Å². The highest BCUT2D eigenvalue weighted by Crippen LogP contribution is 2.32. The summed E-state index contributed by atoms with van der Waals surface area (Å²) < 4.78 is 6.61. The maximum Gasteiger partial charge on any atom is 0.138 e. The first-order valence-corrected chi connectivity index (χ1v) is 7.35. The molecule has 2 nitrogen and oxygen atoms in total. The molecule has 0 radical (unpaired) electrons. The van der Waals surface area contributed by atoms with Crippen LogP contribution >= 0.6 is 27.5 Å². The maximum atomic E-state index is 10.5. The Kier molecular flexibility index (Phi) is 3.59. The molecule has 1 heterocycles. The number of aliphatic hydroxyl groups is 1. The van der Waals surface area contributed by atoms with Gasteiger partial charge in [0.05, 0.1) is 0 Å². The lowest BCUT2D eigenvalue weighted by molar-refractivity contribution is 0.192. The van der Waals surface area contributed by atoms with Gasteiger partial charge in [0.2, 0.25) is 0 Å². The molecule has 20 heavy (non-hydrogen) atoms. The fraction of sp³-hybridized carbons (Fsp3) is 0.125. The fourth-order valence-corrected chi connectivity index (χ4v) is 3.15. The second-order valence-electron chi connectivity index (χ2n) is 4.75. The molecule has 0 aliphatic heterocycles. The number of furan rings is 1. The Morgan fingerprint density at radius 2 is 2.00 bits per heavy atom. The van der Waals surface area contributed by atoms with Crippen LogP contribution in [0.25, 0.3) is 11.0 Å². The molecule has 0 saturated carbocycles. The van der Waals surface area contributed by atoms with Gasteiger partial charge in [0.15, 0.2) is 0 Å². The van der Waals surface area contributed by atoms with Crippen molar-refractivity contribution >= 4 is 38.5 Å². The first-order valence-electron chi connectivity index (χ1n) is 6.18. The van der Waals surface area contributed by atoms with E-state index < -0.39 is 6.10 Å². The summed E-state index contributed by atoms with van der Waals surface area (Å²) in [6, 6.07) is 13.1. The van der Waals surface area contributed by atoms with Gasteiger partial charge in [-0.1, -0.05) is 45.7 Å². The molecule has 1 unspecified atom stereocenters. The number of hydrogen-bond donors (Lipinski definition) is 1. The van der Waals surface area contributed by atoms with Gasteiger partial charge in [-0.2, -0.15) is 0 Å². The Hall–Kier alpha value is -1.29. The summed E-state index contributed by atoms with van der Waals surface area (Å²) in [5, 5.41) is 12.0. The second kappa shape index (κ2) is 5.24. The SMILES string of the molecule is Cc1cccc2cc(C(O)c3cc(Cl)cc(Br)c3)oc12. The zero-order valence-electron chi connectivity index (χ0n) is 10.7. The Labute approximate surface area is 130 Å². The predicted molar refractivity (Wildman–Crippen MR) is 84.2 cm³/mol. The van der Waals surface area contributed by atoms with Crippen LogP contribution in [0.5, 0.6) is 0 Å². The number of aliphatic hydroxyl groups excluding tert-OH is 1. The van der Waals surface area contributed by atoms with Gasteiger partial charge in [-0.3, -0.25) is 0 Å². The summed E-state index contributed by atoms with van der Waals surface area (Å²) in [5.74, 6) is 0.517. The number of halogens is 2. The molecular weight excluding hydrogens is 340 g/mol. The molecule has 0 aliphatic rings. The highest BCUT2D eigenvalue weighted by molar-refractivity contribution is 9.10. The lowest BCUT2D eigenvalue weighted by atomic mass is 10.1. The van der Waals surface area contributed by atoms with Crippen LogP contribution in [-0.2, 0) is 0 Å². The third kappa shape index (κ3) is 2.49. The predicted octanol–water partition coefficient (Wildman–Crippen LogP) is 5.24. The van der Waals surface area contributed by atoms with Gasteiger partial charge in [-0.15, -0.1) is 0 Å². The molecule has 0 bridgehead atoms. The van der Waals surface area contributed by atoms with Crippen LogP contribution in [0.2, 0.25) is 5.02 Å². The van der Waals surface area contributed by atoms with E-state index in [1.165, 1.54) is 0 Å². The third-order valence-corrected chi connectivity index (χ3v) is 3.91.